The van der Waals surface area contributed by atoms with Crippen molar-refractivity contribution in [1.82, 2.24) is 9.97 Å². The van der Waals surface area contributed by atoms with E-state index in [9.17, 15) is 0 Å². The third kappa shape index (κ3) is 2.69. The zero-order valence-corrected chi connectivity index (χ0v) is 12.6. The van der Waals surface area contributed by atoms with Crippen LogP contribution in [0.15, 0.2) is 84.1 Å². The van der Waals surface area contributed by atoms with E-state index in [0.29, 0.717) is 6.54 Å². The molecule has 0 saturated heterocycles. The maximum absolute atomic E-state index is 4.61. The third-order valence-electron chi connectivity index (χ3n) is 3.85. The quantitative estimate of drug-likeness (QED) is 0.732. The molecule has 4 rings (SSSR count). The maximum atomic E-state index is 4.61. The molecule has 1 aromatic carbocycles. The second-order valence-corrected chi connectivity index (χ2v) is 5.32. The Balaban J connectivity index is 1.73. The van der Waals surface area contributed by atoms with E-state index >= 15 is 0 Å². The van der Waals surface area contributed by atoms with Crippen LogP contribution in [0.4, 0.5) is 0 Å². The zero-order chi connectivity index (χ0) is 15.5. The summed E-state index contributed by atoms with van der Waals surface area (Å²) in [7, 11) is 0. The zero-order valence-electron chi connectivity index (χ0n) is 12.6. The van der Waals surface area contributed by atoms with Gasteiger partial charge in [-0.25, -0.2) is 0 Å². The van der Waals surface area contributed by atoms with Crippen molar-refractivity contribution in [3.05, 3.63) is 90.4 Å². The van der Waals surface area contributed by atoms with Gasteiger partial charge in [0.1, 0.15) is 0 Å². The molecule has 0 N–H and O–H groups in total. The van der Waals surface area contributed by atoms with Gasteiger partial charge in [-0.15, -0.1) is 0 Å². The number of nitrogens with zero attached hydrogens (tertiary/aromatic N) is 3. The number of aromatic nitrogens is 2. The summed E-state index contributed by atoms with van der Waals surface area (Å²) in [6.45, 7) is 0.699. The number of rotatable bonds is 3. The average molecular weight is 297 g/mol. The lowest BCUT2D eigenvalue weighted by Crippen LogP contribution is -2.04. The van der Waals surface area contributed by atoms with Crippen molar-refractivity contribution in [2.24, 2.45) is 4.99 Å². The first kappa shape index (κ1) is 13.6. The lowest BCUT2D eigenvalue weighted by atomic mass is 9.98. The molecular weight excluding hydrogens is 282 g/mol. The third-order valence-corrected chi connectivity index (χ3v) is 3.85. The molecule has 0 atom stereocenters. The molecule has 0 amide bonds. The first-order valence-electron chi connectivity index (χ1n) is 7.60. The van der Waals surface area contributed by atoms with Crippen molar-refractivity contribution in [2.45, 2.75) is 0 Å². The van der Waals surface area contributed by atoms with Crippen LogP contribution in [-0.4, -0.2) is 22.2 Å². The van der Waals surface area contributed by atoms with Crippen LogP contribution in [-0.2, 0) is 0 Å². The van der Waals surface area contributed by atoms with Gasteiger partial charge in [0.2, 0.25) is 0 Å². The molecule has 0 unspecified atom stereocenters. The first-order valence-corrected chi connectivity index (χ1v) is 7.60. The molecule has 1 aliphatic heterocycles. The summed E-state index contributed by atoms with van der Waals surface area (Å²) in [6, 6.07) is 20.3. The Morgan fingerprint density at radius 2 is 1.52 bits per heavy atom. The van der Waals surface area contributed by atoms with Crippen LogP contribution in [0.2, 0.25) is 0 Å². The molecule has 0 radical (unpaired) electrons. The molecule has 3 aromatic rings. The van der Waals surface area contributed by atoms with Gasteiger partial charge in [-0.3, -0.25) is 15.0 Å². The summed E-state index contributed by atoms with van der Waals surface area (Å²) in [5, 5.41) is 0. The minimum atomic E-state index is 0.699. The molecule has 23 heavy (non-hydrogen) atoms. The van der Waals surface area contributed by atoms with E-state index in [2.05, 4.69) is 39.2 Å². The van der Waals surface area contributed by atoms with E-state index in [4.69, 9.17) is 0 Å². The maximum Gasteiger partial charge on any atom is 0.0910 e. The molecule has 0 bridgehead atoms. The number of hydrogen-bond donors (Lipinski definition) is 0. The normalized spacial score (nSPS) is 13.6. The van der Waals surface area contributed by atoms with Crippen molar-refractivity contribution >= 4 is 11.3 Å². The van der Waals surface area contributed by atoms with Gasteiger partial charge in [0.05, 0.1) is 23.6 Å². The van der Waals surface area contributed by atoms with Crippen LogP contribution in [0.5, 0.6) is 0 Å². The molecule has 0 aliphatic carbocycles. The highest BCUT2D eigenvalue weighted by Gasteiger charge is 2.17. The van der Waals surface area contributed by atoms with Gasteiger partial charge < -0.3 is 0 Å². The molecule has 0 saturated carbocycles. The van der Waals surface area contributed by atoms with Gasteiger partial charge in [-0.05, 0) is 29.8 Å². The van der Waals surface area contributed by atoms with E-state index < -0.39 is 0 Å². The van der Waals surface area contributed by atoms with Crippen LogP contribution in [0.1, 0.15) is 11.3 Å². The minimum Gasteiger partial charge on any atom is -0.278 e. The first-order chi connectivity index (χ1) is 11.4. The Kier molecular flexibility index (Phi) is 3.53. The highest BCUT2D eigenvalue weighted by molar-refractivity contribution is 6.32. The monoisotopic (exact) mass is 297 g/mol. The van der Waals surface area contributed by atoms with Crippen molar-refractivity contribution in [2.75, 3.05) is 6.54 Å². The van der Waals surface area contributed by atoms with E-state index in [0.717, 1.165) is 33.8 Å². The molecule has 2 aromatic heterocycles. The number of benzene rings is 1. The fraction of sp³-hybridized carbons (Fsp3) is 0.0500. The highest BCUT2D eigenvalue weighted by atomic mass is 14.8. The molecule has 3 heteroatoms. The summed E-state index contributed by atoms with van der Waals surface area (Å²) < 4.78 is 0. The fourth-order valence-electron chi connectivity index (χ4n) is 2.75. The number of allylic oxidation sites excluding steroid dienone is 1. The molecule has 1 aliphatic rings. The van der Waals surface area contributed by atoms with Gasteiger partial charge in [-0.1, -0.05) is 42.5 Å². The number of pyridine rings is 2. The predicted molar refractivity (Wildman–Crippen MR) is 93.3 cm³/mol. The minimum absolute atomic E-state index is 0.699. The average Bonchev–Trinajstić information content (AvgIpc) is 3.13. The summed E-state index contributed by atoms with van der Waals surface area (Å²) in [5.41, 5.74) is 6.20. The van der Waals surface area contributed by atoms with Crippen molar-refractivity contribution < 1.29 is 0 Å². The Bertz CT molecular complexity index is 881. The topological polar surface area (TPSA) is 38.1 Å². The smallest absolute Gasteiger partial charge is 0.0910 e. The highest BCUT2D eigenvalue weighted by Crippen LogP contribution is 2.26. The summed E-state index contributed by atoms with van der Waals surface area (Å²) in [6.07, 6.45) is 5.80. The van der Waals surface area contributed by atoms with Crippen molar-refractivity contribution in [1.29, 1.82) is 0 Å². The number of aliphatic imine (C=N–C) groups is 1. The summed E-state index contributed by atoms with van der Waals surface area (Å²) in [4.78, 5) is 13.5. The van der Waals surface area contributed by atoms with E-state index in [1.807, 2.05) is 48.7 Å². The van der Waals surface area contributed by atoms with Gasteiger partial charge in [0.25, 0.3) is 0 Å². The Morgan fingerprint density at radius 1 is 0.696 bits per heavy atom. The Hall–Kier alpha value is -3.07. The Labute approximate surface area is 135 Å². The van der Waals surface area contributed by atoms with Gasteiger partial charge in [0.15, 0.2) is 0 Å². The second-order valence-electron chi connectivity index (χ2n) is 5.32. The van der Waals surface area contributed by atoms with E-state index in [-0.39, 0.29) is 0 Å². The summed E-state index contributed by atoms with van der Waals surface area (Å²) >= 11 is 0. The molecule has 3 nitrogen and oxygen atoms in total. The van der Waals surface area contributed by atoms with E-state index in [1.54, 1.807) is 6.20 Å². The fourth-order valence-corrected chi connectivity index (χ4v) is 2.75. The second kappa shape index (κ2) is 5.97. The molecule has 0 fully saturated rings. The van der Waals surface area contributed by atoms with Crippen LogP contribution < -0.4 is 0 Å². The van der Waals surface area contributed by atoms with E-state index in [1.165, 1.54) is 0 Å². The van der Waals surface area contributed by atoms with Crippen molar-refractivity contribution in [3.63, 3.8) is 0 Å². The standard InChI is InChI=1S/C20H15N3/c1-2-6-15(7-3-1)19-14-16(9-12-22-19)17-10-13-23-20(17)18-8-4-5-11-21-18/h1-12,14H,13H2. The lowest BCUT2D eigenvalue weighted by Gasteiger charge is -2.09. The van der Waals surface area contributed by atoms with Gasteiger partial charge in [0, 0.05) is 23.5 Å². The van der Waals surface area contributed by atoms with Gasteiger partial charge >= 0.3 is 0 Å². The predicted octanol–water partition coefficient (Wildman–Crippen LogP) is 4.03. The Morgan fingerprint density at radius 3 is 2.35 bits per heavy atom. The van der Waals surface area contributed by atoms with Crippen LogP contribution >= 0.6 is 0 Å². The van der Waals surface area contributed by atoms with Crippen LogP contribution in [0.3, 0.4) is 0 Å². The van der Waals surface area contributed by atoms with Gasteiger partial charge in [-0.2, -0.15) is 0 Å². The number of hydrogen-bond acceptors (Lipinski definition) is 3. The molecule has 0 spiro atoms. The van der Waals surface area contributed by atoms with Crippen LogP contribution in [0.25, 0.3) is 16.8 Å². The SMILES string of the molecule is C1=C(c2ccnc(-c3ccccc3)c2)C(c2ccccn2)=NC1. The molecule has 3 heterocycles. The molecular formula is C20H15N3. The van der Waals surface area contributed by atoms with Crippen molar-refractivity contribution in [3.8, 4) is 11.3 Å². The summed E-state index contributed by atoms with van der Waals surface area (Å²) in [5.74, 6) is 0. The lowest BCUT2D eigenvalue weighted by molar-refractivity contribution is 1.25. The van der Waals surface area contributed by atoms with Crippen LogP contribution in [0, 0.1) is 0 Å². The largest absolute Gasteiger partial charge is 0.278 e. The molecule has 110 valence electrons.